The highest BCUT2D eigenvalue weighted by Crippen LogP contribution is 2.35. The maximum absolute atomic E-state index is 14.7. The maximum atomic E-state index is 14.7. The zero-order valence-electron chi connectivity index (χ0n) is 15.0. The maximum Gasteiger partial charge on any atom is 0.161 e. The number of aryl methyl sites for hydroxylation is 1. The molecule has 0 N–H and O–H groups in total. The molecule has 1 aliphatic rings. The van der Waals surface area contributed by atoms with Gasteiger partial charge in [0.05, 0.1) is 17.7 Å². The van der Waals surface area contributed by atoms with Crippen LogP contribution in [0.1, 0.15) is 36.1 Å². The highest BCUT2D eigenvalue weighted by atomic mass is 79.9. The third-order valence-corrected chi connectivity index (χ3v) is 5.10. The van der Waals surface area contributed by atoms with Crippen LogP contribution in [-0.4, -0.2) is 30.5 Å². The number of hydrogen-bond acceptors (Lipinski definition) is 3. The third-order valence-electron chi connectivity index (χ3n) is 4.41. The zero-order valence-corrected chi connectivity index (χ0v) is 16.6. The Morgan fingerprint density at radius 3 is 2.88 bits per heavy atom. The molecule has 1 unspecified atom stereocenters. The summed E-state index contributed by atoms with van der Waals surface area (Å²) < 4.78 is 15.6. The van der Waals surface area contributed by atoms with E-state index in [4.69, 9.17) is 4.84 Å². The Hall–Kier alpha value is -2.21. The molecule has 2 aromatic rings. The molecular formula is C20H21BrFN3O. The topological polar surface area (TPSA) is 37.2 Å². The van der Waals surface area contributed by atoms with Gasteiger partial charge in [-0.15, -0.1) is 0 Å². The fraction of sp³-hybridized carbons (Fsp3) is 0.300. The summed E-state index contributed by atoms with van der Waals surface area (Å²) >= 11 is 3.52. The molecule has 0 bridgehead atoms. The summed E-state index contributed by atoms with van der Waals surface area (Å²) in [6, 6.07) is 11.1. The average molecular weight is 418 g/mol. The smallest absolute Gasteiger partial charge is 0.161 e. The monoisotopic (exact) mass is 417 g/mol. The molecule has 0 radical (unpaired) electrons. The van der Waals surface area contributed by atoms with Gasteiger partial charge in [-0.2, -0.15) is 0 Å². The van der Waals surface area contributed by atoms with Crippen LogP contribution in [0.25, 0.3) is 0 Å². The van der Waals surface area contributed by atoms with Gasteiger partial charge in [-0.3, -0.25) is 0 Å². The third kappa shape index (κ3) is 3.96. The summed E-state index contributed by atoms with van der Waals surface area (Å²) in [5.74, 6) is -0.324. The fourth-order valence-corrected chi connectivity index (χ4v) is 3.23. The Balaban J connectivity index is 1.80. The number of hydrogen-bond donors (Lipinski definition) is 0. The summed E-state index contributed by atoms with van der Waals surface area (Å²) in [4.78, 5) is 11.8. The molecule has 0 amide bonds. The molecule has 6 heteroatoms. The van der Waals surface area contributed by atoms with Gasteiger partial charge in [0.25, 0.3) is 0 Å². The molecule has 4 nitrogen and oxygen atoms in total. The summed E-state index contributed by atoms with van der Waals surface area (Å²) in [7, 11) is 1.93. The number of halogens is 2. The van der Waals surface area contributed by atoms with Crippen LogP contribution in [0.2, 0.25) is 0 Å². The van der Waals surface area contributed by atoms with Crippen LogP contribution >= 0.6 is 15.9 Å². The zero-order chi connectivity index (χ0) is 18.7. The molecule has 26 heavy (non-hydrogen) atoms. The highest BCUT2D eigenvalue weighted by molar-refractivity contribution is 9.10. The lowest BCUT2D eigenvalue weighted by Gasteiger charge is -2.13. The minimum atomic E-state index is -0.424. The van der Waals surface area contributed by atoms with Crippen molar-refractivity contribution in [3.63, 3.8) is 0 Å². The summed E-state index contributed by atoms with van der Waals surface area (Å²) in [6.45, 7) is 4.79. The lowest BCUT2D eigenvalue weighted by atomic mass is 9.98. The Labute approximate surface area is 161 Å². The molecule has 0 spiro atoms. The van der Waals surface area contributed by atoms with Gasteiger partial charge in [0.15, 0.2) is 6.10 Å². The predicted molar refractivity (Wildman–Crippen MR) is 107 cm³/mol. The van der Waals surface area contributed by atoms with Crippen LogP contribution in [0.3, 0.4) is 0 Å². The molecular weight excluding hydrogens is 397 g/mol. The van der Waals surface area contributed by atoms with Gasteiger partial charge in [0, 0.05) is 41.7 Å². The molecule has 2 aromatic carbocycles. The van der Waals surface area contributed by atoms with Crippen molar-refractivity contribution in [2.24, 2.45) is 10.1 Å². The summed E-state index contributed by atoms with van der Waals surface area (Å²) in [5, 5.41) is 4.17. The molecule has 0 aromatic heterocycles. The van der Waals surface area contributed by atoms with E-state index in [0.29, 0.717) is 17.7 Å². The number of benzene rings is 2. The molecule has 3 rings (SSSR count). The largest absolute Gasteiger partial charge is 0.387 e. The van der Waals surface area contributed by atoms with Crippen molar-refractivity contribution in [3.8, 4) is 0 Å². The van der Waals surface area contributed by atoms with Crippen LogP contribution in [0.5, 0.6) is 0 Å². The van der Waals surface area contributed by atoms with E-state index < -0.39 is 6.10 Å². The van der Waals surface area contributed by atoms with Gasteiger partial charge in [0.2, 0.25) is 0 Å². The van der Waals surface area contributed by atoms with Crippen molar-refractivity contribution >= 4 is 33.7 Å². The van der Waals surface area contributed by atoms with E-state index in [2.05, 4.69) is 26.1 Å². The molecule has 136 valence electrons. The molecule has 1 heterocycles. The van der Waals surface area contributed by atoms with Gasteiger partial charge in [-0.25, -0.2) is 9.38 Å². The lowest BCUT2D eigenvalue weighted by Crippen LogP contribution is -2.14. The van der Waals surface area contributed by atoms with E-state index in [-0.39, 0.29) is 5.82 Å². The molecule has 0 fully saturated rings. The van der Waals surface area contributed by atoms with Crippen LogP contribution in [0.15, 0.2) is 51.0 Å². The SMILES string of the molecule is CCN(C)C=Nc1cc(F)c(C2CC(c3ccccc3Br)=NO2)cc1C. The second-order valence-corrected chi connectivity index (χ2v) is 7.15. The van der Waals surface area contributed by atoms with Crippen LogP contribution < -0.4 is 0 Å². The van der Waals surface area contributed by atoms with Gasteiger partial charge >= 0.3 is 0 Å². The van der Waals surface area contributed by atoms with Crippen molar-refractivity contribution in [1.82, 2.24) is 4.90 Å². The molecule has 1 atom stereocenters. The second kappa shape index (κ2) is 7.99. The number of aliphatic imine (C=N–C) groups is 1. The first kappa shape index (κ1) is 18.6. The highest BCUT2D eigenvalue weighted by Gasteiger charge is 2.27. The first-order valence-electron chi connectivity index (χ1n) is 8.51. The van der Waals surface area contributed by atoms with E-state index in [9.17, 15) is 4.39 Å². The number of rotatable bonds is 5. The average Bonchev–Trinajstić information content (AvgIpc) is 3.11. The normalized spacial score (nSPS) is 16.7. The fourth-order valence-electron chi connectivity index (χ4n) is 2.72. The Kier molecular flexibility index (Phi) is 5.71. The van der Waals surface area contributed by atoms with Gasteiger partial charge < -0.3 is 9.74 Å². The van der Waals surface area contributed by atoms with E-state index >= 15 is 0 Å². The van der Waals surface area contributed by atoms with E-state index in [1.54, 1.807) is 12.4 Å². The predicted octanol–water partition coefficient (Wildman–Crippen LogP) is 5.37. The van der Waals surface area contributed by atoms with E-state index in [0.717, 1.165) is 27.9 Å². The van der Waals surface area contributed by atoms with Crippen molar-refractivity contribution in [2.75, 3.05) is 13.6 Å². The minimum Gasteiger partial charge on any atom is -0.387 e. The Bertz CT molecular complexity index is 866. The molecule has 0 saturated carbocycles. The summed E-state index contributed by atoms with van der Waals surface area (Å²) in [5.41, 5.74) is 3.81. The molecule has 0 saturated heterocycles. The standard InChI is InChI=1S/C20H21BrFN3O/c1-4-25(3)12-23-18-10-17(22)15(9-13(18)2)20-11-19(24-26-20)14-7-5-6-8-16(14)21/h5-10,12,20H,4,11H2,1-3H3. The van der Waals surface area contributed by atoms with Gasteiger partial charge in [-0.05, 0) is 31.5 Å². The number of nitrogens with zero attached hydrogens (tertiary/aromatic N) is 3. The first-order valence-corrected chi connectivity index (χ1v) is 9.31. The summed E-state index contributed by atoms with van der Waals surface area (Å²) in [6.07, 6.45) is 1.81. The number of oxime groups is 1. The van der Waals surface area contributed by atoms with Crippen molar-refractivity contribution < 1.29 is 9.23 Å². The molecule has 0 aliphatic carbocycles. The van der Waals surface area contributed by atoms with Crippen LogP contribution in [-0.2, 0) is 4.84 Å². The van der Waals surface area contributed by atoms with Gasteiger partial charge in [-0.1, -0.05) is 39.3 Å². The minimum absolute atomic E-state index is 0.324. The second-order valence-electron chi connectivity index (χ2n) is 6.29. The van der Waals surface area contributed by atoms with Crippen LogP contribution in [0.4, 0.5) is 10.1 Å². The van der Waals surface area contributed by atoms with E-state index in [1.807, 2.05) is 50.1 Å². The van der Waals surface area contributed by atoms with Crippen molar-refractivity contribution in [2.45, 2.75) is 26.4 Å². The van der Waals surface area contributed by atoms with Crippen LogP contribution in [0, 0.1) is 12.7 Å². The van der Waals surface area contributed by atoms with Crippen molar-refractivity contribution in [1.29, 1.82) is 0 Å². The quantitative estimate of drug-likeness (QED) is 0.483. The molecule has 1 aliphatic heterocycles. The first-order chi connectivity index (χ1) is 12.5. The lowest BCUT2D eigenvalue weighted by molar-refractivity contribution is 0.0829. The Morgan fingerprint density at radius 2 is 2.15 bits per heavy atom. The van der Waals surface area contributed by atoms with Crippen molar-refractivity contribution in [3.05, 3.63) is 63.4 Å². The Morgan fingerprint density at radius 1 is 1.38 bits per heavy atom. The van der Waals surface area contributed by atoms with E-state index in [1.165, 1.54) is 6.07 Å². The van der Waals surface area contributed by atoms with Gasteiger partial charge in [0.1, 0.15) is 5.82 Å².